The molecular formula is C11H17BClNO. The van der Waals surface area contributed by atoms with Crippen LogP contribution in [0.1, 0.15) is 26.3 Å². The van der Waals surface area contributed by atoms with Gasteiger partial charge < -0.3 is 5.02 Å². The molecule has 2 nitrogen and oxygen atoms in total. The summed E-state index contributed by atoms with van der Waals surface area (Å²) < 4.78 is 0. The Hall–Kier alpha value is -0.535. The molecule has 0 spiro atoms. The summed E-state index contributed by atoms with van der Waals surface area (Å²) >= 11 is 6.06. The number of aromatic nitrogens is 1. The minimum absolute atomic E-state index is 0.192. The fraction of sp³-hybridized carbons (Fsp3) is 0.545. The fourth-order valence-electron chi connectivity index (χ4n) is 1.41. The molecule has 0 atom stereocenters. The molecule has 0 aromatic carbocycles. The van der Waals surface area contributed by atoms with Gasteiger partial charge in [-0.3, -0.25) is 0 Å². The van der Waals surface area contributed by atoms with E-state index in [1.807, 2.05) is 12.1 Å². The van der Waals surface area contributed by atoms with Crippen molar-refractivity contribution in [3.63, 3.8) is 0 Å². The summed E-state index contributed by atoms with van der Waals surface area (Å²) in [5, 5.41) is 9.85. The van der Waals surface area contributed by atoms with Crippen LogP contribution in [0.4, 0.5) is 0 Å². The Balaban J connectivity index is 2.94. The molecule has 0 amide bonds. The normalized spacial score (nSPS) is 11.6. The Labute approximate surface area is 96.8 Å². The predicted molar refractivity (Wildman–Crippen MR) is 65.9 cm³/mol. The number of halogens is 1. The van der Waals surface area contributed by atoms with Crippen molar-refractivity contribution in [2.45, 2.75) is 34.0 Å². The third-order valence-corrected chi connectivity index (χ3v) is 2.42. The second-order valence-corrected chi connectivity index (χ2v) is 5.46. The fourth-order valence-corrected chi connectivity index (χ4v) is 1.64. The van der Waals surface area contributed by atoms with E-state index in [9.17, 15) is 5.02 Å². The average Bonchev–Trinajstić information content (AvgIpc) is 2.05. The van der Waals surface area contributed by atoms with Crippen LogP contribution in [-0.2, 0) is 6.42 Å². The van der Waals surface area contributed by atoms with E-state index in [4.69, 9.17) is 11.6 Å². The van der Waals surface area contributed by atoms with Crippen molar-refractivity contribution in [3.05, 3.63) is 22.8 Å². The van der Waals surface area contributed by atoms with Crippen LogP contribution in [0.15, 0.2) is 12.1 Å². The van der Waals surface area contributed by atoms with E-state index in [-0.39, 0.29) is 5.41 Å². The van der Waals surface area contributed by atoms with Gasteiger partial charge in [-0.15, -0.1) is 0 Å². The van der Waals surface area contributed by atoms with Crippen molar-refractivity contribution in [2.75, 3.05) is 0 Å². The first-order chi connectivity index (χ1) is 6.79. The minimum atomic E-state index is -0.564. The lowest BCUT2D eigenvalue weighted by Crippen LogP contribution is -2.29. The molecule has 0 bridgehead atoms. The smallest absolute Gasteiger partial charge is 0.340 e. The molecular weight excluding hydrogens is 208 g/mol. The third kappa shape index (κ3) is 3.84. The number of hydrogen-bond acceptors (Lipinski definition) is 2. The molecule has 0 saturated carbocycles. The Morgan fingerprint density at radius 3 is 2.40 bits per heavy atom. The summed E-state index contributed by atoms with van der Waals surface area (Å²) in [6.07, 6.45) is 0.888. The number of hydrogen-bond donors (Lipinski definition) is 1. The highest BCUT2D eigenvalue weighted by molar-refractivity contribution is 6.64. The number of pyridine rings is 1. The van der Waals surface area contributed by atoms with E-state index in [1.165, 1.54) is 0 Å². The van der Waals surface area contributed by atoms with Crippen LogP contribution in [0.5, 0.6) is 0 Å². The van der Waals surface area contributed by atoms with Crippen LogP contribution in [0, 0.1) is 5.41 Å². The first-order valence-corrected chi connectivity index (χ1v) is 5.51. The van der Waals surface area contributed by atoms with Gasteiger partial charge >= 0.3 is 6.92 Å². The average molecular weight is 226 g/mol. The maximum atomic E-state index is 9.35. The molecule has 0 radical (unpaired) electrons. The zero-order chi connectivity index (χ0) is 11.6. The quantitative estimate of drug-likeness (QED) is 0.618. The number of rotatable bonds is 2. The van der Waals surface area contributed by atoms with E-state index in [0.29, 0.717) is 10.7 Å². The molecule has 0 saturated heterocycles. The summed E-state index contributed by atoms with van der Waals surface area (Å²) in [7, 11) is 0. The second-order valence-electron chi connectivity index (χ2n) is 5.10. The SMILES string of the molecule is CB(O)c1ccc(CC(C)(C)C)c(Cl)n1. The molecule has 1 heterocycles. The van der Waals surface area contributed by atoms with Gasteiger partial charge in [0, 0.05) is 5.59 Å². The topological polar surface area (TPSA) is 33.1 Å². The van der Waals surface area contributed by atoms with Crippen LogP contribution < -0.4 is 5.59 Å². The summed E-state index contributed by atoms with van der Waals surface area (Å²) in [4.78, 5) is 4.17. The summed E-state index contributed by atoms with van der Waals surface area (Å²) in [6, 6.07) is 3.78. The molecule has 0 unspecified atom stereocenters. The van der Waals surface area contributed by atoms with Gasteiger partial charge in [-0.05, 0) is 23.5 Å². The van der Waals surface area contributed by atoms with Gasteiger partial charge in [0.15, 0.2) is 0 Å². The first-order valence-electron chi connectivity index (χ1n) is 5.13. The Morgan fingerprint density at radius 1 is 1.40 bits per heavy atom. The highest BCUT2D eigenvalue weighted by Gasteiger charge is 2.16. The molecule has 1 N–H and O–H groups in total. The lowest BCUT2D eigenvalue weighted by atomic mass is 9.68. The van der Waals surface area contributed by atoms with E-state index < -0.39 is 6.92 Å². The van der Waals surface area contributed by atoms with Gasteiger partial charge in [-0.25, -0.2) is 4.98 Å². The van der Waals surface area contributed by atoms with Crippen LogP contribution in [-0.4, -0.2) is 16.9 Å². The zero-order valence-corrected chi connectivity index (χ0v) is 10.5. The lowest BCUT2D eigenvalue weighted by molar-refractivity contribution is 0.411. The highest BCUT2D eigenvalue weighted by atomic mass is 35.5. The molecule has 15 heavy (non-hydrogen) atoms. The van der Waals surface area contributed by atoms with Crippen molar-refractivity contribution >= 4 is 24.1 Å². The van der Waals surface area contributed by atoms with E-state index in [1.54, 1.807) is 6.82 Å². The molecule has 0 aliphatic rings. The molecule has 0 fully saturated rings. The maximum Gasteiger partial charge on any atom is 0.340 e. The van der Waals surface area contributed by atoms with E-state index in [0.717, 1.165) is 12.0 Å². The Kier molecular flexibility index (Phi) is 3.79. The second kappa shape index (κ2) is 4.54. The standard InChI is InChI=1S/C11H17BClNO/c1-11(2,3)7-8-5-6-9(12(4)15)14-10(8)13/h5-6,15H,7H2,1-4H3. The predicted octanol–water partition coefficient (Wildman–Crippen LogP) is 2.14. The summed E-state index contributed by atoms with van der Waals surface area (Å²) in [6.45, 7) is 7.59. The maximum absolute atomic E-state index is 9.35. The van der Waals surface area contributed by atoms with Crippen molar-refractivity contribution < 1.29 is 5.02 Å². The molecule has 4 heteroatoms. The van der Waals surface area contributed by atoms with Gasteiger partial charge in [-0.1, -0.05) is 45.3 Å². The molecule has 1 aromatic heterocycles. The summed E-state index contributed by atoms with van der Waals surface area (Å²) in [5.41, 5.74) is 1.85. The molecule has 0 aliphatic heterocycles. The Morgan fingerprint density at radius 2 is 2.00 bits per heavy atom. The molecule has 0 aliphatic carbocycles. The largest absolute Gasteiger partial charge is 0.446 e. The monoisotopic (exact) mass is 225 g/mol. The van der Waals surface area contributed by atoms with Gasteiger partial charge in [0.05, 0.1) is 0 Å². The van der Waals surface area contributed by atoms with Crippen molar-refractivity contribution in [2.24, 2.45) is 5.41 Å². The van der Waals surface area contributed by atoms with Gasteiger partial charge in [0.1, 0.15) is 5.15 Å². The minimum Gasteiger partial charge on any atom is -0.446 e. The van der Waals surface area contributed by atoms with Crippen LogP contribution in [0.3, 0.4) is 0 Å². The van der Waals surface area contributed by atoms with Crippen molar-refractivity contribution in [3.8, 4) is 0 Å². The lowest BCUT2D eigenvalue weighted by Gasteiger charge is -2.18. The van der Waals surface area contributed by atoms with Crippen LogP contribution in [0.25, 0.3) is 0 Å². The van der Waals surface area contributed by atoms with Gasteiger partial charge in [-0.2, -0.15) is 0 Å². The van der Waals surface area contributed by atoms with Gasteiger partial charge in [0.2, 0.25) is 0 Å². The van der Waals surface area contributed by atoms with Crippen molar-refractivity contribution in [1.29, 1.82) is 0 Å². The molecule has 82 valence electrons. The van der Waals surface area contributed by atoms with E-state index in [2.05, 4.69) is 25.8 Å². The third-order valence-electron chi connectivity index (χ3n) is 2.10. The van der Waals surface area contributed by atoms with E-state index >= 15 is 0 Å². The Bertz CT molecular complexity index is 347. The first kappa shape index (κ1) is 12.5. The van der Waals surface area contributed by atoms with Gasteiger partial charge in [0.25, 0.3) is 0 Å². The van der Waals surface area contributed by atoms with Crippen molar-refractivity contribution in [1.82, 2.24) is 4.98 Å². The molecule has 1 rings (SSSR count). The van der Waals surface area contributed by atoms with Crippen LogP contribution in [0.2, 0.25) is 12.0 Å². The van der Waals surface area contributed by atoms with Crippen LogP contribution >= 0.6 is 11.6 Å². The summed E-state index contributed by atoms with van der Waals surface area (Å²) in [5.74, 6) is 0. The molecule has 1 aromatic rings. The zero-order valence-electron chi connectivity index (χ0n) is 9.71. The number of nitrogens with zero attached hydrogens (tertiary/aromatic N) is 1. The highest BCUT2D eigenvalue weighted by Crippen LogP contribution is 2.23.